The largest absolute Gasteiger partial charge is 0.513 e. The van der Waals surface area contributed by atoms with Gasteiger partial charge in [0.1, 0.15) is 5.75 Å². The van der Waals surface area contributed by atoms with Crippen LogP contribution >= 0.6 is 23.2 Å². The van der Waals surface area contributed by atoms with E-state index < -0.39 is 12.1 Å². The number of ether oxygens (including phenoxy) is 3. The molecule has 0 unspecified atom stereocenters. The third-order valence-electron chi connectivity index (χ3n) is 2.70. The van der Waals surface area contributed by atoms with Gasteiger partial charge in [-0.1, -0.05) is 29.8 Å². The first kappa shape index (κ1) is 16.1. The molecule has 0 spiro atoms. The molecule has 2 aromatic carbocycles. The summed E-state index contributed by atoms with van der Waals surface area (Å²) in [5, 5.41) is 1.38. The zero-order chi connectivity index (χ0) is 16.3. The Bertz CT molecular complexity index is 770. The zero-order valence-corrected chi connectivity index (χ0v) is 12.9. The van der Waals surface area contributed by atoms with Crippen molar-refractivity contribution in [3.05, 3.63) is 47.0 Å². The average molecular weight is 341 g/mol. The lowest BCUT2D eigenvalue weighted by Crippen LogP contribution is -2.08. The first-order chi connectivity index (χ1) is 10.5. The standard InChI is InChI=1S/C15H10Cl2O5/c1-3-13(18)22-14-9-5-4-8(16)6-10(9)12(7-11(14)17)21-15(19)20-2/h3-7H,1H2,2H3. The van der Waals surface area contributed by atoms with E-state index >= 15 is 0 Å². The lowest BCUT2D eigenvalue weighted by molar-refractivity contribution is -0.128. The van der Waals surface area contributed by atoms with Gasteiger partial charge in [-0.05, 0) is 18.2 Å². The molecule has 7 heteroatoms. The molecule has 0 fully saturated rings. The van der Waals surface area contributed by atoms with Gasteiger partial charge in [-0.2, -0.15) is 0 Å². The third-order valence-corrected chi connectivity index (χ3v) is 3.21. The number of esters is 1. The monoisotopic (exact) mass is 340 g/mol. The second-order valence-corrected chi connectivity index (χ2v) is 4.90. The number of methoxy groups -OCH3 is 1. The number of benzene rings is 2. The zero-order valence-electron chi connectivity index (χ0n) is 11.4. The molecule has 114 valence electrons. The molecule has 0 aromatic heterocycles. The van der Waals surface area contributed by atoms with Crippen molar-refractivity contribution in [2.75, 3.05) is 7.11 Å². The minimum absolute atomic E-state index is 0.0870. The van der Waals surface area contributed by atoms with E-state index in [2.05, 4.69) is 11.3 Å². The van der Waals surface area contributed by atoms with E-state index in [0.29, 0.717) is 15.8 Å². The Hall–Kier alpha value is -2.24. The van der Waals surface area contributed by atoms with Gasteiger partial charge in [0.25, 0.3) is 0 Å². The van der Waals surface area contributed by atoms with Gasteiger partial charge in [-0.15, -0.1) is 0 Å². The van der Waals surface area contributed by atoms with Crippen LogP contribution in [0.25, 0.3) is 10.8 Å². The van der Waals surface area contributed by atoms with Crippen LogP contribution in [0.3, 0.4) is 0 Å². The molecule has 0 radical (unpaired) electrons. The Balaban J connectivity index is 2.66. The quantitative estimate of drug-likeness (QED) is 0.359. The number of halogens is 2. The van der Waals surface area contributed by atoms with Crippen LogP contribution in [0.1, 0.15) is 0 Å². The van der Waals surface area contributed by atoms with Gasteiger partial charge in [0.15, 0.2) is 5.75 Å². The lowest BCUT2D eigenvalue weighted by atomic mass is 10.1. The Labute approximate surface area is 136 Å². The molecule has 0 bridgehead atoms. The summed E-state index contributed by atoms with van der Waals surface area (Å²) in [5.41, 5.74) is 0. The van der Waals surface area contributed by atoms with Crippen LogP contribution in [0.15, 0.2) is 36.9 Å². The maximum Gasteiger partial charge on any atom is 0.513 e. The Morgan fingerprint density at radius 3 is 2.50 bits per heavy atom. The highest BCUT2D eigenvalue weighted by Crippen LogP contribution is 2.41. The first-order valence-corrected chi connectivity index (χ1v) is 6.73. The van der Waals surface area contributed by atoms with Crippen LogP contribution in [0, 0.1) is 0 Å². The molecule has 5 nitrogen and oxygen atoms in total. The van der Waals surface area contributed by atoms with Gasteiger partial charge in [0.2, 0.25) is 0 Å². The van der Waals surface area contributed by atoms with Crippen LogP contribution in [0.4, 0.5) is 4.79 Å². The van der Waals surface area contributed by atoms with Gasteiger partial charge in [-0.3, -0.25) is 0 Å². The molecule has 0 atom stereocenters. The summed E-state index contributed by atoms with van der Waals surface area (Å²) in [6.45, 7) is 3.32. The molecule has 22 heavy (non-hydrogen) atoms. The van der Waals surface area contributed by atoms with E-state index in [1.54, 1.807) is 18.2 Å². The fourth-order valence-corrected chi connectivity index (χ4v) is 2.18. The van der Waals surface area contributed by atoms with Crippen LogP contribution in [0.2, 0.25) is 10.0 Å². The van der Waals surface area contributed by atoms with Crippen molar-refractivity contribution >= 4 is 46.1 Å². The van der Waals surface area contributed by atoms with Gasteiger partial charge in [0, 0.05) is 27.9 Å². The number of carbonyl (C=O) groups excluding carboxylic acids is 2. The number of carbonyl (C=O) groups is 2. The highest BCUT2D eigenvalue weighted by molar-refractivity contribution is 6.34. The molecule has 2 aromatic rings. The van der Waals surface area contributed by atoms with Gasteiger partial charge in [0.05, 0.1) is 12.1 Å². The first-order valence-electron chi connectivity index (χ1n) is 5.98. The molecule has 0 saturated heterocycles. The Morgan fingerprint density at radius 2 is 1.86 bits per heavy atom. The Morgan fingerprint density at radius 1 is 1.14 bits per heavy atom. The highest BCUT2D eigenvalue weighted by Gasteiger charge is 2.17. The van der Waals surface area contributed by atoms with Crippen molar-refractivity contribution in [3.8, 4) is 11.5 Å². The molecule has 0 aliphatic carbocycles. The number of rotatable bonds is 3. The third kappa shape index (κ3) is 3.32. The van der Waals surface area contributed by atoms with Crippen molar-refractivity contribution in [1.29, 1.82) is 0 Å². The maximum absolute atomic E-state index is 11.4. The molecule has 0 heterocycles. The molecule has 2 rings (SSSR count). The Kier molecular flexibility index (Phi) is 4.90. The molecule has 0 aliphatic heterocycles. The predicted molar refractivity (Wildman–Crippen MR) is 82.8 cm³/mol. The van der Waals surface area contributed by atoms with Crippen molar-refractivity contribution in [2.24, 2.45) is 0 Å². The topological polar surface area (TPSA) is 61.8 Å². The molecule has 0 N–H and O–H groups in total. The normalized spacial score (nSPS) is 10.1. The van der Waals surface area contributed by atoms with Gasteiger partial charge in [-0.25, -0.2) is 9.59 Å². The van der Waals surface area contributed by atoms with E-state index in [0.717, 1.165) is 6.08 Å². The second kappa shape index (κ2) is 6.68. The van der Waals surface area contributed by atoms with Crippen molar-refractivity contribution < 1.29 is 23.8 Å². The minimum atomic E-state index is -0.909. The van der Waals surface area contributed by atoms with Gasteiger partial charge >= 0.3 is 12.1 Å². The summed E-state index contributed by atoms with van der Waals surface area (Å²) in [6, 6.07) is 6.08. The van der Waals surface area contributed by atoms with Gasteiger partial charge < -0.3 is 14.2 Å². The van der Waals surface area contributed by atoms with E-state index in [9.17, 15) is 9.59 Å². The van der Waals surface area contributed by atoms with Crippen LogP contribution in [-0.2, 0) is 9.53 Å². The maximum atomic E-state index is 11.4. The van der Waals surface area contributed by atoms with Crippen LogP contribution in [0.5, 0.6) is 11.5 Å². The SMILES string of the molecule is C=CC(=O)Oc1c(Cl)cc(OC(=O)OC)c2cc(Cl)ccc12. The smallest absolute Gasteiger partial charge is 0.437 e. The van der Waals surface area contributed by atoms with Crippen LogP contribution < -0.4 is 9.47 Å². The summed E-state index contributed by atoms with van der Waals surface area (Å²) in [6.07, 6.45) is 0.102. The lowest BCUT2D eigenvalue weighted by Gasteiger charge is -2.12. The molecule has 0 amide bonds. The summed E-state index contributed by atoms with van der Waals surface area (Å²) in [7, 11) is 1.18. The summed E-state index contributed by atoms with van der Waals surface area (Å²) < 4.78 is 14.6. The summed E-state index contributed by atoms with van der Waals surface area (Å²) in [5.74, 6) is -0.414. The summed E-state index contributed by atoms with van der Waals surface area (Å²) >= 11 is 12.1. The predicted octanol–water partition coefficient (Wildman–Crippen LogP) is 4.38. The highest BCUT2D eigenvalue weighted by atomic mass is 35.5. The van der Waals surface area contributed by atoms with Crippen LogP contribution in [-0.4, -0.2) is 19.2 Å². The fourth-order valence-electron chi connectivity index (χ4n) is 1.77. The van der Waals surface area contributed by atoms with Crippen molar-refractivity contribution in [3.63, 3.8) is 0 Å². The molecule has 0 aliphatic rings. The minimum Gasteiger partial charge on any atom is -0.437 e. The molecular formula is C15H10Cl2O5. The molecule has 0 saturated carbocycles. The van der Waals surface area contributed by atoms with Crippen molar-refractivity contribution in [1.82, 2.24) is 0 Å². The number of hydrogen-bond donors (Lipinski definition) is 0. The molecular weight excluding hydrogens is 331 g/mol. The van der Waals surface area contributed by atoms with E-state index in [1.165, 1.54) is 13.2 Å². The summed E-state index contributed by atoms with van der Waals surface area (Å²) in [4.78, 5) is 22.7. The second-order valence-electron chi connectivity index (χ2n) is 4.06. The fraction of sp³-hybridized carbons (Fsp3) is 0.0667. The number of hydrogen-bond acceptors (Lipinski definition) is 5. The van der Waals surface area contributed by atoms with E-state index in [4.69, 9.17) is 32.7 Å². The van der Waals surface area contributed by atoms with E-state index in [-0.39, 0.29) is 16.5 Å². The van der Waals surface area contributed by atoms with E-state index in [1.807, 2.05) is 0 Å². The van der Waals surface area contributed by atoms with Crippen molar-refractivity contribution in [2.45, 2.75) is 0 Å². The number of fused-ring (bicyclic) bond motifs is 1. The average Bonchev–Trinajstić information content (AvgIpc) is 2.50.